The Morgan fingerprint density at radius 3 is 2.36 bits per heavy atom. The number of carbonyl (C=O) groups is 1. The van der Waals surface area contributed by atoms with Gasteiger partial charge in [0.25, 0.3) is 0 Å². The van der Waals surface area contributed by atoms with Gasteiger partial charge in [0.2, 0.25) is 5.91 Å². The first-order valence-electron chi connectivity index (χ1n) is 10.4. The number of nitrogens with zero attached hydrogens (tertiary/aromatic N) is 2. The summed E-state index contributed by atoms with van der Waals surface area (Å²) in [6, 6.07) is 25.2. The van der Waals surface area contributed by atoms with Gasteiger partial charge in [0.05, 0.1) is 25.7 Å². The van der Waals surface area contributed by atoms with Gasteiger partial charge in [-0.05, 0) is 43.3 Å². The van der Waals surface area contributed by atoms with Gasteiger partial charge < -0.3 is 14.8 Å². The van der Waals surface area contributed by atoms with Crippen LogP contribution in [-0.4, -0.2) is 35.4 Å². The van der Waals surface area contributed by atoms with Crippen molar-refractivity contribution in [1.82, 2.24) is 9.55 Å². The number of rotatable bonds is 8. The molecule has 7 heteroatoms. The molecule has 1 N–H and O–H groups in total. The van der Waals surface area contributed by atoms with Crippen molar-refractivity contribution in [2.75, 3.05) is 25.3 Å². The second-order valence-corrected chi connectivity index (χ2v) is 8.24. The van der Waals surface area contributed by atoms with Crippen molar-refractivity contribution in [1.29, 1.82) is 0 Å². The molecule has 0 radical (unpaired) electrons. The third-order valence-corrected chi connectivity index (χ3v) is 6.08. The van der Waals surface area contributed by atoms with Crippen LogP contribution in [0, 0.1) is 6.92 Å². The molecule has 0 fully saturated rings. The standard InChI is InChI=1S/C26H25N3O3S/c1-18-25(19-8-5-4-6-9-19)28-26(29(18)21-12-14-22(31-2)15-13-21)33-17-24(30)27-20-10-7-11-23(16-20)32-3/h4-16H,17H2,1-3H3,(H,27,30). The summed E-state index contributed by atoms with van der Waals surface area (Å²) in [5.41, 5.74) is 4.58. The van der Waals surface area contributed by atoms with Crippen molar-refractivity contribution in [2.24, 2.45) is 0 Å². The van der Waals surface area contributed by atoms with E-state index < -0.39 is 0 Å². The number of thioether (sulfide) groups is 1. The van der Waals surface area contributed by atoms with E-state index in [4.69, 9.17) is 14.5 Å². The molecule has 6 nitrogen and oxygen atoms in total. The fourth-order valence-corrected chi connectivity index (χ4v) is 4.37. The third kappa shape index (κ3) is 5.21. The summed E-state index contributed by atoms with van der Waals surface area (Å²) in [5, 5.41) is 3.67. The SMILES string of the molecule is COc1ccc(-n2c(SCC(=O)Nc3cccc(OC)c3)nc(-c3ccccc3)c2C)cc1. The summed E-state index contributed by atoms with van der Waals surface area (Å²) in [6.07, 6.45) is 0. The van der Waals surface area contributed by atoms with E-state index in [0.29, 0.717) is 11.4 Å². The first-order chi connectivity index (χ1) is 16.1. The van der Waals surface area contributed by atoms with Gasteiger partial charge in [-0.25, -0.2) is 4.98 Å². The first kappa shape index (κ1) is 22.5. The molecule has 4 aromatic rings. The van der Waals surface area contributed by atoms with Crippen molar-refractivity contribution >= 4 is 23.4 Å². The van der Waals surface area contributed by atoms with Crippen LogP contribution in [0.5, 0.6) is 11.5 Å². The van der Waals surface area contributed by atoms with Crippen LogP contribution >= 0.6 is 11.8 Å². The maximum absolute atomic E-state index is 12.7. The quantitative estimate of drug-likeness (QED) is 0.348. The lowest BCUT2D eigenvalue weighted by Gasteiger charge is -2.11. The first-order valence-corrected chi connectivity index (χ1v) is 11.4. The minimum atomic E-state index is -0.114. The molecule has 0 atom stereocenters. The number of benzene rings is 3. The number of hydrogen-bond donors (Lipinski definition) is 1. The van der Waals surface area contributed by atoms with Gasteiger partial charge >= 0.3 is 0 Å². The lowest BCUT2D eigenvalue weighted by molar-refractivity contribution is -0.113. The minimum absolute atomic E-state index is 0.114. The van der Waals surface area contributed by atoms with Crippen LogP contribution < -0.4 is 14.8 Å². The molecule has 0 saturated carbocycles. The number of imidazole rings is 1. The van der Waals surface area contributed by atoms with Gasteiger partial charge in [-0.3, -0.25) is 9.36 Å². The van der Waals surface area contributed by atoms with E-state index in [9.17, 15) is 4.79 Å². The molecular weight excluding hydrogens is 434 g/mol. The van der Waals surface area contributed by atoms with Crippen molar-refractivity contribution < 1.29 is 14.3 Å². The number of aromatic nitrogens is 2. The van der Waals surface area contributed by atoms with Crippen molar-refractivity contribution in [3.8, 4) is 28.4 Å². The number of hydrogen-bond acceptors (Lipinski definition) is 5. The smallest absolute Gasteiger partial charge is 0.234 e. The van der Waals surface area contributed by atoms with Crippen LogP contribution in [0.2, 0.25) is 0 Å². The Labute approximate surface area is 197 Å². The monoisotopic (exact) mass is 459 g/mol. The maximum Gasteiger partial charge on any atom is 0.234 e. The highest BCUT2D eigenvalue weighted by molar-refractivity contribution is 7.99. The molecule has 0 unspecified atom stereocenters. The Kier molecular flexibility index (Phi) is 7.00. The van der Waals surface area contributed by atoms with E-state index in [1.807, 2.05) is 79.7 Å². The average molecular weight is 460 g/mol. The Bertz CT molecular complexity index is 1240. The van der Waals surface area contributed by atoms with Crippen LogP contribution in [0.4, 0.5) is 5.69 Å². The average Bonchev–Trinajstić information content (AvgIpc) is 3.19. The predicted octanol–water partition coefficient (Wildman–Crippen LogP) is 5.60. The van der Waals surface area contributed by atoms with E-state index in [1.165, 1.54) is 11.8 Å². The molecule has 0 aliphatic rings. The van der Waals surface area contributed by atoms with Gasteiger partial charge in [-0.2, -0.15) is 0 Å². The van der Waals surface area contributed by atoms with Gasteiger partial charge in [-0.15, -0.1) is 0 Å². The summed E-state index contributed by atoms with van der Waals surface area (Å²) in [7, 11) is 3.25. The lowest BCUT2D eigenvalue weighted by Crippen LogP contribution is -2.14. The van der Waals surface area contributed by atoms with Gasteiger partial charge in [0.1, 0.15) is 11.5 Å². The molecule has 168 valence electrons. The lowest BCUT2D eigenvalue weighted by atomic mass is 10.1. The number of ether oxygens (including phenoxy) is 2. The zero-order valence-electron chi connectivity index (χ0n) is 18.7. The van der Waals surface area contributed by atoms with Crippen LogP contribution in [0.3, 0.4) is 0 Å². The fraction of sp³-hybridized carbons (Fsp3) is 0.154. The summed E-state index contributed by atoms with van der Waals surface area (Å²) in [6.45, 7) is 2.04. The molecule has 1 heterocycles. The molecule has 0 aliphatic heterocycles. The number of nitrogens with one attached hydrogen (secondary N) is 1. The number of methoxy groups -OCH3 is 2. The van der Waals surface area contributed by atoms with E-state index in [1.54, 1.807) is 20.3 Å². The second-order valence-electron chi connectivity index (χ2n) is 7.30. The highest BCUT2D eigenvalue weighted by atomic mass is 32.2. The molecule has 1 amide bonds. The largest absolute Gasteiger partial charge is 0.497 e. The predicted molar refractivity (Wildman–Crippen MR) is 133 cm³/mol. The Morgan fingerprint density at radius 2 is 1.67 bits per heavy atom. The topological polar surface area (TPSA) is 65.4 Å². The molecule has 0 saturated heterocycles. The number of amides is 1. The highest BCUT2D eigenvalue weighted by Gasteiger charge is 2.18. The van der Waals surface area contributed by atoms with E-state index in [-0.39, 0.29) is 11.7 Å². The highest BCUT2D eigenvalue weighted by Crippen LogP contribution is 2.32. The van der Waals surface area contributed by atoms with Gasteiger partial charge in [0, 0.05) is 28.7 Å². The molecular formula is C26H25N3O3S. The van der Waals surface area contributed by atoms with E-state index in [2.05, 4.69) is 9.88 Å². The zero-order chi connectivity index (χ0) is 23.2. The second kappa shape index (κ2) is 10.3. The molecule has 0 bridgehead atoms. The van der Waals surface area contributed by atoms with Crippen molar-refractivity contribution in [3.63, 3.8) is 0 Å². The molecule has 33 heavy (non-hydrogen) atoms. The van der Waals surface area contributed by atoms with Crippen LogP contribution in [-0.2, 0) is 4.79 Å². The molecule has 4 rings (SSSR count). The summed E-state index contributed by atoms with van der Waals surface area (Å²) < 4.78 is 12.6. The van der Waals surface area contributed by atoms with Crippen LogP contribution in [0.1, 0.15) is 5.69 Å². The number of carbonyl (C=O) groups excluding carboxylic acids is 1. The fourth-order valence-electron chi connectivity index (χ4n) is 3.51. The van der Waals surface area contributed by atoms with Crippen LogP contribution in [0.25, 0.3) is 16.9 Å². The molecule has 0 spiro atoms. The minimum Gasteiger partial charge on any atom is -0.497 e. The van der Waals surface area contributed by atoms with Crippen molar-refractivity contribution in [2.45, 2.75) is 12.1 Å². The number of anilines is 1. The van der Waals surface area contributed by atoms with E-state index in [0.717, 1.165) is 33.5 Å². The Morgan fingerprint density at radius 1 is 0.939 bits per heavy atom. The Hall–Kier alpha value is -3.71. The summed E-state index contributed by atoms with van der Waals surface area (Å²) in [5.74, 6) is 1.58. The summed E-state index contributed by atoms with van der Waals surface area (Å²) in [4.78, 5) is 17.6. The zero-order valence-corrected chi connectivity index (χ0v) is 19.6. The Balaban J connectivity index is 1.61. The molecule has 3 aromatic carbocycles. The summed E-state index contributed by atoms with van der Waals surface area (Å²) >= 11 is 1.40. The van der Waals surface area contributed by atoms with Gasteiger partial charge in [0.15, 0.2) is 5.16 Å². The molecule has 0 aliphatic carbocycles. The third-order valence-electron chi connectivity index (χ3n) is 5.14. The van der Waals surface area contributed by atoms with Crippen molar-refractivity contribution in [3.05, 3.63) is 84.6 Å². The molecule has 1 aromatic heterocycles. The van der Waals surface area contributed by atoms with E-state index >= 15 is 0 Å². The maximum atomic E-state index is 12.7. The van der Waals surface area contributed by atoms with Gasteiger partial charge in [-0.1, -0.05) is 48.2 Å². The normalized spacial score (nSPS) is 10.6. The van der Waals surface area contributed by atoms with Crippen LogP contribution in [0.15, 0.2) is 84.0 Å².